The van der Waals surface area contributed by atoms with E-state index in [4.69, 9.17) is 11.6 Å². The first-order chi connectivity index (χ1) is 5.77. The lowest BCUT2D eigenvalue weighted by atomic mass is 9.80. The van der Waals surface area contributed by atoms with Crippen molar-refractivity contribution in [3.05, 3.63) is 22.5 Å². The van der Waals surface area contributed by atoms with E-state index in [9.17, 15) is 0 Å². The second kappa shape index (κ2) is 3.02. The van der Waals surface area contributed by atoms with Gasteiger partial charge in [0, 0.05) is 0 Å². The molecule has 0 atom stereocenters. The number of halogens is 1. The standard InChI is InChI=1S/C9H11ClN2/c1-6-8(7-3-2-4-7)5-9(10)12-11-6/h5,7H,2-4H2,1H3. The molecule has 0 saturated heterocycles. The fraction of sp³-hybridized carbons (Fsp3) is 0.556. The maximum Gasteiger partial charge on any atom is 0.152 e. The van der Waals surface area contributed by atoms with Gasteiger partial charge in [-0.2, -0.15) is 5.10 Å². The summed E-state index contributed by atoms with van der Waals surface area (Å²) in [6.45, 7) is 2.00. The molecule has 0 N–H and O–H groups in total. The molecule has 1 aromatic rings. The number of nitrogens with zero attached hydrogens (tertiary/aromatic N) is 2. The van der Waals surface area contributed by atoms with Crippen LogP contribution in [0.15, 0.2) is 6.07 Å². The Balaban J connectivity index is 2.34. The van der Waals surface area contributed by atoms with Crippen LogP contribution in [-0.2, 0) is 0 Å². The number of aromatic nitrogens is 2. The molecule has 0 aromatic carbocycles. The molecule has 1 saturated carbocycles. The molecule has 1 aliphatic rings. The fourth-order valence-corrected chi connectivity index (χ4v) is 1.73. The highest BCUT2D eigenvalue weighted by atomic mass is 35.5. The minimum absolute atomic E-state index is 0.516. The SMILES string of the molecule is Cc1nnc(Cl)cc1C1CCC1. The molecular formula is C9H11ClN2. The van der Waals surface area contributed by atoms with Crippen LogP contribution in [0, 0.1) is 6.92 Å². The normalized spacial score (nSPS) is 17.5. The van der Waals surface area contributed by atoms with Crippen molar-refractivity contribution in [1.29, 1.82) is 0 Å². The monoisotopic (exact) mass is 182 g/mol. The molecular weight excluding hydrogens is 172 g/mol. The third-order valence-electron chi connectivity index (χ3n) is 2.53. The van der Waals surface area contributed by atoms with Crippen molar-refractivity contribution >= 4 is 11.6 Å². The predicted octanol–water partition coefficient (Wildman–Crippen LogP) is 2.71. The van der Waals surface area contributed by atoms with Gasteiger partial charge in [0.15, 0.2) is 5.15 Å². The van der Waals surface area contributed by atoms with E-state index < -0.39 is 0 Å². The topological polar surface area (TPSA) is 25.8 Å². The van der Waals surface area contributed by atoms with Gasteiger partial charge in [0.1, 0.15) is 0 Å². The highest BCUT2D eigenvalue weighted by molar-refractivity contribution is 6.29. The van der Waals surface area contributed by atoms with E-state index in [1.807, 2.05) is 13.0 Å². The summed E-state index contributed by atoms with van der Waals surface area (Å²) in [6.07, 6.45) is 3.90. The number of hydrogen-bond donors (Lipinski definition) is 0. The van der Waals surface area contributed by atoms with Gasteiger partial charge in [-0.05, 0) is 37.3 Å². The molecule has 2 nitrogen and oxygen atoms in total. The zero-order valence-corrected chi connectivity index (χ0v) is 7.80. The van der Waals surface area contributed by atoms with Crippen LogP contribution in [0.5, 0.6) is 0 Å². The number of rotatable bonds is 1. The Bertz CT molecular complexity index is 295. The molecule has 3 heteroatoms. The van der Waals surface area contributed by atoms with Crippen molar-refractivity contribution < 1.29 is 0 Å². The number of aryl methyl sites for hydroxylation is 1. The second-order valence-corrected chi connectivity index (χ2v) is 3.72. The lowest BCUT2D eigenvalue weighted by molar-refractivity contribution is 0.416. The summed E-state index contributed by atoms with van der Waals surface area (Å²) in [5.74, 6) is 0.693. The Morgan fingerprint density at radius 3 is 2.75 bits per heavy atom. The van der Waals surface area contributed by atoms with E-state index in [1.165, 1.54) is 24.8 Å². The molecule has 0 unspecified atom stereocenters. The van der Waals surface area contributed by atoms with E-state index >= 15 is 0 Å². The molecule has 0 bridgehead atoms. The van der Waals surface area contributed by atoms with Gasteiger partial charge in [-0.25, -0.2) is 0 Å². The number of hydrogen-bond acceptors (Lipinski definition) is 2. The Labute approximate surface area is 77.0 Å². The first-order valence-corrected chi connectivity index (χ1v) is 4.65. The smallest absolute Gasteiger partial charge is 0.152 e. The van der Waals surface area contributed by atoms with Gasteiger partial charge in [-0.3, -0.25) is 0 Å². The third kappa shape index (κ3) is 1.31. The van der Waals surface area contributed by atoms with Gasteiger partial charge in [-0.1, -0.05) is 18.0 Å². The Kier molecular flexibility index (Phi) is 2.01. The van der Waals surface area contributed by atoms with E-state index in [1.54, 1.807) is 0 Å². The molecule has 2 rings (SSSR count). The summed E-state index contributed by atoms with van der Waals surface area (Å²) in [7, 11) is 0. The molecule has 12 heavy (non-hydrogen) atoms. The van der Waals surface area contributed by atoms with Gasteiger partial charge in [0.2, 0.25) is 0 Å². The van der Waals surface area contributed by atoms with Gasteiger partial charge in [0.05, 0.1) is 5.69 Å². The lowest BCUT2D eigenvalue weighted by Crippen LogP contribution is -2.11. The largest absolute Gasteiger partial charge is 0.154 e. The second-order valence-electron chi connectivity index (χ2n) is 3.34. The summed E-state index contributed by atoms with van der Waals surface area (Å²) >= 11 is 5.77. The molecule has 1 aromatic heterocycles. The van der Waals surface area contributed by atoms with Crippen LogP contribution in [0.4, 0.5) is 0 Å². The van der Waals surface area contributed by atoms with Gasteiger partial charge in [0.25, 0.3) is 0 Å². The highest BCUT2D eigenvalue weighted by Gasteiger charge is 2.21. The Morgan fingerprint density at radius 2 is 2.17 bits per heavy atom. The van der Waals surface area contributed by atoms with Crippen LogP contribution in [0.1, 0.15) is 36.4 Å². The van der Waals surface area contributed by atoms with Crippen LogP contribution < -0.4 is 0 Å². The average molecular weight is 183 g/mol. The quantitative estimate of drug-likeness (QED) is 0.668. The van der Waals surface area contributed by atoms with Crippen LogP contribution in [0.3, 0.4) is 0 Å². The van der Waals surface area contributed by atoms with Crippen molar-refractivity contribution in [2.45, 2.75) is 32.1 Å². The van der Waals surface area contributed by atoms with Gasteiger partial charge in [-0.15, -0.1) is 5.10 Å². The summed E-state index contributed by atoms with van der Waals surface area (Å²) in [5.41, 5.74) is 2.32. The fourth-order valence-electron chi connectivity index (χ4n) is 1.57. The first kappa shape index (κ1) is 7.99. The highest BCUT2D eigenvalue weighted by Crippen LogP contribution is 2.37. The van der Waals surface area contributed by atoms with Crippen molar-refractivity contribution in [1.82, 2.24) is 10.2 Å². The molecule has 1 aliphatic carbocycles. The molecule has 64 valence electrons. The van der Waals surface area contributed by atoms with Crippen LogP contribution in [-0.4, -0.2) is 10.2 Å². The minimum atomic E-state index is 0.516. The van der Waals surface area contributed by atoms with Gasteiger partial charge >= 0.3 is 0 Å². The predicted molar refractivity (Wildman–Crippen MR) is 48.4 cm³/mol. The molecule has 0 aliphatic heterocycles. The van der Waals surface area contributed by atoms with Crippen molar-refractivity contribution in [3.8, 4) is 0 Å². The van der Waals surface area contributed by atoms with Crippen molar-refractivity contribution in [2.24, 2.45) is 0 Å². The van der Waals surface area contributed by atoms with E-state index in [0.29, 0.717) is 11.1 Å². The van der Waals surface area contributed by atoms with Crippen LogP contribution in [0.2, 0.25) is 5.15 Å². The Hall–Kier alpha value is -0.630. The average Bonchev–Trinajstić information content (AvgIpc) is 1.93. The van der Waals surface area contributed by atoms with E-state index in [2.05, 4.69) is 10.2 Å². The summed E-state index contributed by atoms with van der Waals surface area (Å²) in [4.78, 5) is 0. The van der Waals surface area contributed by atoms with Crippen molar-refractivity contribution in [3.63, 3.8) is 0 Å². The third-order valence-corrected chi connectivity index (χ3v) is 2.72. The maximum absolute atomic E-state index is 5.77. The zero-order chi connectivity index (χ0) is 8.55. The summed E-state index contributed by atoms with van der Waals surface area (Å²) in [5, 5.41) is 8.31. The molecule has 0 amide bonds. The maximum atomic E-state index is 5.77. The summed E-state index contributed by atoms with van der Waals surface area (Å²) < 4.78 is 0. The van der Waals surface area contributed by atoms with E-state index in [0.717, 1.165) is 5.69 Å². The summed E-state index contributed by atoms with van der Waals surface area (Å²) in [6, 6.07) is 1.95. The lowest BCUT2D eigenvalue weighted by Gasteiger charge is -2.26. The molecule has 1 fully saturated rings. The minimum Gasteiger partial charge on any atom is -0.154 e. The molecule has 1 heterocycles. The zero-order valence-electron chi connectivity index (χ0n) is 7.05. The van der Waals surface area contributed by atoms with Gasteiger partial charge < -0.3 is 0 Å². The van der Waals surface area contributed by atoms with E-state index in [-0.39, 0.29) is 0 Å². The van der Waals surface area contributed by atoms with Crippen LogP contribution in [0.25, 0.3) is 0 Å². The Morgan fingerprint density at radius 1 is 1.42 bits per heavy atom. The van der Waals surface area contributed by atoms with Crippen LogP contribution >= 0.6 is 11.6 Å². The molecule has 0 radical (unpaired) electrons. The molecule has 0 spiro atoms. The van der Waals surface area contributed by atoms with Crippen molar-refractivity contribution in [2.75, 3.05) is 0 Å². The first-order valence-electron chi connectivity index (χ1n) is 4.27.